The van der Waals surface area contributed by atoms with E-state index < -0.39 is 10.2 Å². The molecule has 0 N–H and O–H groups in total. The van der Waals surface area contributed by atoms with Gasteiger partial charge in [0.2, 0.25) is 5.90 Å². The number of benzene rings is 2. The summed E-state index contributed by atoms with van der Waals surface area (Å²) in [6.45, 7) is 0.372. The van der Waals surface area contributed by atoms with Gasteiger partial charge in [0.1, 0.15) is 6.61 Å². The Kier molecular flexibility index (Phi) is 5.32. The highest BCUT2D eigenvalue weighted by atomic mass is 35.5. The maximum atomic E-state index is 12.3. The summed E-state index contributed by atoms with van der Waals surface area (Å²) in [6.07, 6.45) is 2.96. The first-order valence-electron chi connectivity index (χ1n) is 7.34. The molecule has 0 aromatic heterocycles. The van der Waals surface area contributed by atoms with Crippen molar-refractivity contribution in [2.75, 3.05) is 0 Å². The summed E-state index contributed by atoms with van der Waals surface area (Å²) in [5.41, 5.74) is 1.67. The monoisotopic (exact) mass is 396 g/mol. The van der Waals surface area contributed by atoms with Crippen molar-refractivity contribution in [2.24, 2.45) is 4.40 Å². The van der Waals surface area contributed by atoms with Gasteiger partial charge in [-0.15, -0.1) is 4.40 Å². The Morgan fingerprint density at radius 3 is 2.04 bits per heavy atom. The van der Waals surface area contributed by atoms with Crippen LogP contribution in [0.5, 0.6) is 0 Å². The van der Waals surface area contributed by atoms with E-state index in [0.717, 1.165) is 15.4 Å². The van der Waals surface area contributed by atoms with Crippen molar-refractivity contribution in [3.63, 3.8) is 0 Å². The summed E-state index contributed by atoms with van der Waals surface area (Å²) in [5, 5.41) is 1.22. The molecule has 3 rings (SSSR count). The minimum absolute atomic E-state index is 0.0438. The highest BCUT2D eigenvalue weighted by molar-refractivity contribution is 7.88. The lowest BCUT2D eigenvalue weighted by Gasteiger charge is -2.21. The molecule has 1 heterocycles. The minimum atomic E-state index is -3.84. The Morgan fingerprint density at radius 2 is 1.48 bits per heavy atom. The lowest BCUT2D eigenvalue weighted by Crippen LogP contribution is -2.28. The molecule has 130 valence electrons. The molecule has 5 nitrogen and oxygen atoms in total. The third-order valence-corrected chi connectivity index (χ3v) is 5.19. The molecule has 0 saturated carbocycles. The van der Waals surface area contributed by atoms with E-state index >= 15 is 0 Å². The summed E-state index contributed by atoms with van der Waals surface area (Å²) < 4.78 is 34.9. The van der Waals surface area contributed by atoms with E-state index in [2.05, 4.69) is 4.40 Å². The van der Waals surface area contributed by atoms with Crippen LogP contribution in [0.4, 0.5) is 0 Å². The van der Waals surface area contributed by atoms with Crippen molar-refractivity contribution in [3.05, 3.63) is 82.0 Å². The van der Waals surface area contributed by atoms with Crippen LogP contribution < -0.4 is 0 Å². The fourth-order valence-corrected chi connectivity index (χ4v) is 3.36. The smallest absolute Gasteiger partial charge is 0.347 e. The van der Waals surface area contributed by atoms with E-state index in [4.69, 9.17) is 27.9 Å². The van der Waals surface area contributed by atoms with Crippen LogP contribution in [0.3, 0.4) is 0 Å². The van der Waals surface area contributed by atoms with Gasteiger partial charge in [0, 0.05) is 22.3 Å². The lowest BCUT2D eigenvalue weighted by molar-refractivity contribution is 0.294. The zero-order valence-corrected chi connectivity index (χ0v) is 15.3. The lowest BCUT2D eigenvalue weighted by atomic mass is 10.2. The molecule has 0 saturated heterocycles. The fraction of sp³-hybridized carbons (Fsp3) is 0.118. The molecule has 0 bridgehead atoms. The van der Waals surface area contributed by atoms with E-state index in [9.17, 15) is 8.42 Å². The first-order valence-corrected chi connectivity index (χ1v) is 9.49. The Balaban J connectivity index is 1.65. The third kappa shape index (κ3) is 4.75. The number of nitrogens with zero attached hydrogens (tertiary/aromatic N) is 2. The van der Waals surface area contributed by atoms with Gasteiger partial charge >= 0.3 is 10.2 Å². The van der Waals surface area contributed by atoms with Crippen molar-refractivity contribution >= 4 is 39.3 Å². The van der Waals surface area contributed by atoms with Crippen molar-refractivity contribution in [1.82, 2.24) is 4.31 Å². The Hall–Kier alpha value is -2.02. The fourth-order valence-electron chi connectivity index (χ4n) is 2.14. The van der Waals surface area contributed by atoms with Crippen molar-refractivity contribution < 1.29 is 13.2 Å². The molecule has 1 aliphatic rings. The average molecular weight is 397 g/mol. The van der Waals surface area contributed by atoms with Gasteiger partial charge in [0.25, 0.3) is 0 Å². The largest absolute Gasteiger partial charge is 0.472 e. The zero-order chi connectivity index (χ0) is 17.9. The molecule has 25 heavy (non-hydrogen) atoms. The van der Waals surface area contributed by atoms with Crippen LogP contribution in [0, 0.1) is 0 Å². The summed E-state index contributed by atoms with van der Waals surface area (Å²) in [4.78, 5) is 0. The summed E-state index contributed by atoms with van der Waals surface area (Å²) in [7, 11) is -3.84. The second-order valence-electron chi connectivity index (χ2n) is 5.31. The van der Waals surface area contributed by atoms with E-state index in [1.807, 2.05) is 0 Å². The zero-order valence-electron chi connectivity index (χ0n) is 13.0. The van der Waals surface area contributed by atoms with Gasteiger partial charge in [0.15, 0.2) is 0 Å². The first-order chi connectivity index (χ1) is 11.9. The molecule has 0 amide bonds. The molecular formula is C17H14Cl2N2O3S. The second kappa shape index (κ2) is 7.47. The van der Waals surface area contributed by atoms with Crippen LogP contribution in [0.1, 0.15) is 11.1 Å². The maximum Gasteiger partial charge on any atom is 0.347 e. The van der Waals surface area contributed by atoms with Crippen LogP contribution in [-0.2, 0) is 28.1 Å². The van der Waals surface area contributed by atoms with E-state index in [1.165, 1.54) is 12.3 Å². The van der Waals surface area contributed by atoms with E-state index in [0.29, 0.717) is 10.0 Å². The predicted octanol–water partition coefficient (Wildman–Crippen LogP) is 4.18. The summed E-state index contributed by atoms with van der Waals surface area (Å²) in [5.74, 6) is 0.0438. The number of ether oxygens (including phenoxy) is 1. The topological polar surface area (TPSA) is 59.0 Å². The second-order valence-corrected chi connectivity index (χ2v) is 7.73. The molecular weight excluding hydrogens is 383 g/mol. The number of hydrogen-bond acceptors (Lipinski definition) is 3. The van der Waals surface area contributed by atoms with E-state index in [-0.39, 0.29) is 19.0 Å². The van der Waals surface area contributed by atoms with Crippen molar-refractivity contribution in [1.29, 1.82) is 0 Å². The Labute approximate surface area is 156 Å². The molecule has 0 atom stereocenters. The number of halogens is 2. The van der Waals surface area contributed by atoms with Gasteiger partial charge in [-0.05, 0) is 35.4 Å². The SMILES string of the molecule is O=S1(=O)N=C(OCc2ccc(Cl)cc2)C=CN1Cc1ccc(Cl)cc1. The normalized spacial score (nSPS) is 15.8. The average Bonchev–Trinajstić information content (AvgIpc) is 2.58. The van der Waals surface area contributed by atoms with Crippen molar-refractivity contribution in [3.8, 4) is 0 Å². The maximum absolute atomic E-state index is 12.3. The van der Waals surface area contributed by atoms with Gasteiger partial charge in [-0.2, -0.15) is 8.42 Å². The van der Waals surface area contributed by atoms with Gasteiger partial charge in [-0.25, -0.2) is 0 Å². The highest BCUT2D eigenvalue weighted by Gasteiger charge is 2.23. The molecule has 2 aromatic rings. The number of hydrogen-bond donors (Lipinski definition) is 0. The van der Waals surface area contributed by atoms with Gasteiger partial charge in [-0.3, -0.25) is 4.31 Å². The first kappa shape index (κ1) is 17.8. The quantitative estimate of drug-likeness (QED) is 0.778. The highest BCUT2D eigenvalue weighted by Crippen LogP contribution is 2.18. The molecule has 1 aliphatic heterocycles. The molecule has 0 radical (unpaired) electrons. The van der Waals surface area contributed by atoms with Crippen LogP contribution >= 0.6 is 23.2 Å². The van der Waals surface area contributed by atoms with Gasteiger partial charge in [-0.1, -0.05) is 47.5 Å². The summed E-state index contributed by atoms with van der Waals surface area (Å²) >= 11 is 11.7. The van der Waals surface area contributed by atoms with Crippen LogP contribution in [0.25, 0.3) is 0 Å². The van der Waals surface area contributed by atoms with Crippen LogP contribution in [0.2, 0.25) is 10.0 Å². The molecule has 8 heteroatoms. The minimum Gasteiger partial charge on any atom is -0.472 e. The van der Waals surface area contributed by atoms with Crippen LogP contribution in [-0.4, -0.2) is 18.6 Å². The molecule has 0 aliphatic carbocycles. The standard InChI is InChI=1S/C17H14Cl2N2O3S/c18-15-5-1-13(2-6-15)11-21-10-9-17(20-25(21,22)23)24-12-14-3-7-16(19)8-4-14/h1-10H,11-12H2. The molecule has 0 unspecified atom stereocenters. The summed E-state index contributed by atoms with van der Waals surface area (Å²) in [6, 6.07) is 14.0. The Bertz CT molecular complexity index is 908. The number of rotatable bonds is 4. The van der Waals surface area contributed by atoms with Gasteiger partial charge < -0.3 is 4.74 Å². The van der Waals surface area contributed by atoms with Gasteiger partial charge in [0.05, 0.1) is 6.54 Å². The van der Waals surface area contributed by atoms with Crippen LogP contribution in [0.15, 0.2) is 65.2 Å². The molecule has 0 fully saturated rings. The Morgan fingerprint density at radius 1 is 0.920 bits per heavy atom. The molecule has 0 spiro atoms. The van der Waals surface area contributed by atoms with E-state index in [1.54, 1.807) is 48.5 Å². The van der Waals surface area contributed by atoms with Crippen molar-refractivity contribution in [2.45, 2.75) is 13.2 Å². The predicted molar refractivity (Wildman–Crippen MR) is 98.7 cm³/mol. The molecule has 2 aromatic carbocycles. The third-order valence-electron chi connectivity index (χ3n) is 3.44.